The lowest BCUT2D eigenvalue weighted by Crippen LogP contribution is -1.99. The normalized spacial score (nSPS) is 9.53. The van der Waals surface area contributed by atoms with Crippen LogP contribution >= 0.6 is 11.3 Å². The second-order valence-electron chi connectivity index (χ2n) is 3.18. The number of rotatable bonds is 1. The summed E-state index contributed by atoms with van der Waals surface area (Å²) in [5.41, 5.74) is -0.213. The summed E-state index contributed by atoms with van der Waals surface area (Å²) < 4.78 is 25.9. The van der Waals surface area contributed by atoms with Gasteiger partial charge in [-0.25, -0.2) is 8.78 Å². The third kappa shape index (κ3) is 2.77. The van der Waals surface area contributed by atoms with Crippen molar-refractivity contribution < 1.29 is 13.6 Å². The van der Waals surface area contributed by atoms with Crippen LogP contribution < -0.4 is 0 Å². The van der Waals surface area contributed by atoms with Gasteiger partial charge >= 0.3 is 0 Å². The second kappa shape index (κ2) is 4.89. The quantitative estimate of drug-likeness (QED) is 0.559. The van der Waals surface area contributed by atoms with E-state index in [1.54, 1.807) is 12.1 Å². The molecule has 0 unspecified atom stereocenters. The maximum atomic E-state index is 13.2. The molecule has 1 aromatic heterocycles. The third-order valence-corrected chi connectivity index (χ3v) is 2.78. The first-order valence-electron chi connectivity index (χ1n) is 4.72. The van der Waals surface area contributed by atoms with E-state index < -0.39 is 17.4 Å². The van der Waals surface area contributed by atoms with Gasteiger partial charge in [-0.15, -0.1) is 11.3 Å². The lowest BCUT2D eigenvalue weighted by molar-refractivity contribution is 0.105. The molecule has 0 saturated carbocycles. The highest BCUT2D eigenvalue weighted by molar-refractivity contribution is 7.10. The van der Waals surface area contributed by atoms with Crippen LogP contribution in [-0.4, -0.2) is 5.78 Å². The van der Waals surface area contributed by atoms with Crippen LogP contribution in [0.2, 0.25) is 0 Å². The Morgan fingerprint density at radius 3 is 2.71 bits per heavy atom. The highest BCUT2D eigenvalue weighted by Gasteiger charge is 2.09. The molecule has 0 saturated heterocycles. The summed E-state index contributed by atoms with van der Waals surface area (Å²) in [5.74, 6) is 2.68. The van der Waals surface area contributed by atoms with Crippen LogP contribution in [0.1, 0.15) is 15.2 Å². The van der Waals surface area contributed by atoms with E-state index in [1.165, 1.54) is 11.3 Å². The maximum absolute atomic E-state index is 13.2. The molecule has 0 aliphatic rings. The summed E-state index contributed by atoms with van der Waals surface area (Å²) in [6, 6.07) is 6.35. The zero-order chi connectivity index (χ0) is 12.3. The molecule has 0 bridgehead atoms. The first kappa shape index (κ1) is 11.5. The van der Waals surface area contributed by atoms with Crippen LogP contribution in [0, 0.1) is 23.5 Å². The lowest BCUT2D eigenvalue weighted by atomic mass is 10.1. The average Bonchev–Trinajstić information content (AvgIpc) is 2.78. The van der Waals surface area contributed by atoms with Gasteiger partial charge in [0.2, 0.25) is 5.78 Å². The third-order valence-electron chi connectivity index (χ3n) is 2.00. The van der Waals surface area contributed by atoms with Crippen molar-refractivity contribution in [3.05, 3.63) is 57.8 Å². The van der Waals surface area contributed by atoms with Gasteiger partial charge in [-0.2, -0.15) is 0 Å². The number of hydrogen-bond donors (Lipinski definition) is 0. The van der Waals surface area contributed by atoms with Crippen LogP contribution in [-0.2, 0) is 0 Å². The molecule has 1 heterocycles. The van der Waals surface area contributed by atoms with Crippen LogP contribution in [0.5, 0.6) is 0 Å². The van der Waals surface area contributed by atoms with Crippen molar-refractivity contribution in [2.24, 2.45) is 0 Å². The molecule has 0 radical (unpaired) electrons. The molecule has 0 amide bonds. The van der Waals surface area contributed by atoms with Gasteiger partial charge in [-0.3, -0.25) is 4.79 Å². The number of thiophene rings is 1. The van der Waals surface area contributed by atoms with Crippen molar-refractivity contribution in [3.8, 4) is 11.8 Å². The van der Waals surface area contributed by atoms with Crippen molar-refractivity contribution in [3.63, 3.8) is 0 Å². The van der Waals surface area contributed by atoms with E-state index in [4.69, 9.17) is 0 Å². The van der Waals surface area contributed by atoms with Gasteiger partial charge in [0.25, 0.3) is 0 Å². The summed E-state index contributed by atoms with van der Waals surface area (Å²) in [5, 5.41) is 1.83. The van der Waals surface area contributed by atoms with E-state index in [9.17, 15) is 13.6 Å². The molecule has 84 valence electrons. The van der Waals surface area contributed by atoms with E-state index >= 15 is 0 Å². The molecule has 0 fully saturated rings. The lowest BCUT2D eigenvalue weighted by Gasteiger charge is -1.96. The molecule has 2 rings (SSSR count). The van der Waals surface area contributed by atoms with Crippen LogP contribution in [0.15, 0.2) is 35.7 Å². The van der Waals surface area contributed by atoms with E-state index in [1.807, 2.05) is 5.38 Å². The Labute approximate surface area is 101 Å². The zero-order valence-electron chi connectivity index (χ0n) is 8.54. The number of benzene rings is 1. The van der Waals surface area contributed by atoms with E-state index in [2.05, 4.69) is 11.8 Å². The Bertz CT molecular complexity index is 606. The van der Waals surface area contributed by atoms with Crippen molar-refractivity contribution in [2.45, 2.75) is 0 Å². The van der Waals surface area contributed by atoms with Gasteiger partial charge in [0.15, 0.2) is 0 Å². The van der Waals surface area contributed by atoms with Crippen molar-refractivity contribution in [2.75, 3.05) is 0 Å². The Kier molecular flexibility index (Phi) is 3.31. The zero-order valence-corrected chi connectivity index (χ0v) is 9.35. The molecule has 4 heteroatoms. The fourth-order valence-electron chi connectivity index (χ4n) is 1.21. The van der Waals surface area contributed by atoms with Crippen LogP contribution in [0.3, 0.4) is 0 Å². The van der Waals surface area contributed by atoms with Gasteiger partial charge < -0.3 is 0 Å². The summed E-state index contributed by atoms with van der Waals surface area (Å²) in [6.07, 6.45) is 0. The van der Waals surface area contributed by atoms with Gasteiger partial charge in [-0.1, -0.05) is 6.07 Å². The number of halogens is 2. The summed E-state index contributed by atoms with van der Waals surface area (Å²) in [4.78, 5) is 12.3. The van der Waals surface area contributed by atoms with Crippen LogP contribution in [0.4, 0.5) is 8.78 Å². The monoisotopic (exact) mass is 248 g/mol. The number of carbonyl (C=O) groups is 1. The molecular formula is C13H6F2OS. The van der Waals surface area contributed by atoms with Crippen molar-refractivity contribution in [1.82, 2.24) is 0 Å². The molecule has 17 heavy (non-hydrogen) atoms. The highest BCUT2D eigenvalue weighted by Crippen LogP contribution is 2.10. The molecule has 0 spiro atoms. The van der Waals surface area contributed by atoms with Gasteiger partial charge in [0.05, 0.1) is 10.4 Å². The number of ketones is 1. The Morgan fingerprint density at radius 2 is 2.06 bits per heavy atom. The molecule has 1 aromatic carbocycles. The standard InChI is InChI=1S/C13H6F2OS/c14-9-3-5-11(12(15)8-9)13(16)6-4-10-2-1-7-17-10/h1-3,5,7-8H. The predicted molar refractivity (Wildman–Crippen MR) is 61.9 cm³/mol. The average molecular weight is 248 g/mol. The number of carbonyl (C=O) groups excluding carboxylic acids is 1. The number of Topliss-reactive ketones (excluding diaryl/α,β-unsaturated/α-hetero) is 1. The summed E-state index contributed by atoms with van der Waals surface area (Å²) >= 11 is 1.39. The Morgan fingerprint density at radius 1 is 1.24 bits per heavy atom. The van der Waals surface area contributed by atoms with Crippen molar-refractivity contribution in [1.29, 1.82) is 0 Å². The SMILES string of the molecule is O=C(C#Cc1cccs1)c1ccc(F)cc1F. The molecule has 2 aromatic rings. The summed E-state index contributed by atoms with van der Waals surface area (Å²) in [7, 11) is 0. The van der Waals surface area contributed by atoms with Gasteiger partial charge in [-0.05, 0) is 35.4 Å². The Balaban J connectivity index is 2.26. The molecule has 0 atom stereocenters. The van der Waals surface area contributed by atoms with Gasteiger partial charge in [0, 0.05) is 6.07 Å². The fourth-order valence-corrected chi connectivity index (χ4v) is 1.78. The van der Waals surface area contributed by atoms with E-state index in [0.717, 1.165) is 17.0 Å². The van der Waals surface area contributed by atoms with Crippen LogP contribution in [0.25, 0.3) is 0 Å². The second-order valence-corrected chi connectivity index (χ2v) is 4.13. The molecule has 0 aliphatic heterocycles. The predicted octanol–water partition coefficient (Wildman–Crippen LogP) is 3.26. The molecule has 0 N–H and O–H groups in total. The van der Waals surface area contributed by atoms with E-state index in [0.29, 0.717) is 6.07 Å². The smallest absolute Gasteiger partial charge is 0.239 e. The van der Waals surface area contributed by atoms with Gasteiger partial charge in [0.1, 0.15) is 11.6 Å². The minimum absolute atomic E-state index is 0.213. The first-order chi connectivity index (χ1) is 8.16. The Hall–Kier alpha value is -1.99. The maximum Gasteiger partial charge on any atom is 0.239 e. The summed E-state index contributed by atoms with van der Waals surface area (Å²) in [6.45, 7) is 0. The minimum atomic E-state index is -0.893. The molecule has 0 aliphatic carbocycles. The molecule has 1 nitrogen and oxygen atoms in total. The first-order valence-corrected chi connectivity index (χ1v) is 5.59. The number of hydrogen-bond acceptors (Lipinski definition) is 2. The topological polar surface area (TPSA) is 17.1 Å². The highest BCUT2D eigenvalue weighted by atomic mass is 32.1. The largest absolute Gasteiger partial charge is 0.279 e. The minimum Gasteiger partial charge on any atom is -0.279 e. The van der Waals surface area contributed by atoms with E-state index in [-0.39, 0.29) is 5.56 Å². The van der Waals surface area contributed by atoms with Crippen molar-refractivity contribution >= 4 is 17.1 Å². The fraction of sp³-hybridized carbons (Fsp3) is 0. The molecular weight excluding hydrogens is 242 g/mol.